The van der Waals surface area contributed by atoms with Gasteiger partial charge in [-0.05, 0) is 55.1 Å². The quantitative estimate of drug-likeness (QED) is 0.427. The fourth-order valence-corrected chi connectivity index (χ4v) is 5.25. The molecule has 184 valence electrons. The van der Waals surface area contributed by atoms with Crippen LogP contribution in [0.15, 0.2) is 35.5 Å². The summed E-state index contributed by atoms with van der Waals surface area (Å²) in [5.41, 5.74) is 1.26. The minimum absolute atomic E-state index is 0.0770. The van der Waals surface area contributed by atoms with Crippen LogP contribution in [0, 0.1) is 17.8 Å². The van der Waals surface area contributed by atoms with E-state index in [-0.39, 0.29) is 41.4 Å². The minimum Gasteiger partial charge on any atom is -0.507 e. The van der Waals surface area contributed by atoms with Gasteiger partial charge in [-0.2, -0.15) is 0 Å². The second-order valence-electron chi connectivity index (χ2n) is 9.69. The van der Waals surface area contributed by atoms with E-state index < -0.39 is 6.10 Å². The number of benzene rings is 1. The van der Waals surface area contributed by atoms with E-state index in [1.54, 1.807) is 11.0 Å². The monoisotopic (exact) mass is 488 g/mol. The number of allylic oxidation sites excluding steroid dienone is 4. The van der Waals surface area contributed by atoms with E-state index in [0.29, 0.717) is 48.1 Å². The zero-order chi connectivity index (χ0) is 24.2. The molecule has 1 saturated heterocycles. The molecule has 1 aromatic rings. The highest BCUT2D eigenvalue weighted by molar-refractivity contribution is 6.33. The fourth-order valence-electron chi connectivity index (χ4n) is 5.03. The van der Waals surface area contributed by atoms with Crippen molar-refractivity contribution in [3.05, 3.63) is 46.5 Å². The number of oxime groups is 1. The van der Waals surface area contributed by atoms with Crippen molar-refractivity contribution in [2.24, 2.45) is 22.9 Å². The van der Waals surface area contributed by atoms with Gasteiger partial charge in [-0.15, -0.1) is 0 Å². The third-order valence-corrected chi connectivity index (χ3v) is 7.35. The van der Waals surface area contributed by atoms with Gasteiger partial charge in [-0.25, -0.2) is 0 Å². The van der Waals surface area contributed by atoms with E-state index in [9.17, 15) is 20.1 Å². The number of aromatic hydroxyl groups is 2. The Morgan fingerprint density at radius 3 is 2.79 bits per heavy atom. The number of fused-ring (bicyclic) bond motifs is 2. The molecular weight excluding hydrogens is 456 g/mol. The number of halogens is 1. The lowest BCUT2D eigenvalue weighted by atomic mass is 9.89. The Hall–Kier alpha value is -2.51. The number of nitrogens with zero attached hydrogens (tertiary/aromatic N) is 2. The number of aliphatic hydroxyl groups is 1. The van der Waals surface area contributed by atoms with Crippen molar-refractivity contribution in [2.45, 2.75) is 51.6 Å². The first-order valence-electron chi connectivity index (χ1n) is 12.1. The van der Waals surface area contributed by atoms with Crippen molar-refractivity contribution in [2.75, 3.05) is 19.7 Å². The highest BCUT2D eigenvalue weighted by atomic mass is 35.5. The maximum Gasteiger partial charge on any atom is 0.222 e. The van der Waals surface area contributed by atoms with Crippen LogP contribution in [0.25, 0.3) is 0 Å². The summed E-state index contributed by atoms with van der Waals surface area (Å²) >= 11 is 6.44. The third kappa shape index (κ3) is 5.94. The second-order valence-corrected chi connectivity index (χ2v) is 10.1. The fraction of sp³-hybridized carbons (Fsp3) is 0.538. The second kappa shape index (κ2) is 10.8. The van der Waals surface area contributed by atoms with Crippen LogP contribution in [0.3, 0.4) is 0 Å². The SMILES string of the molecule is C[C@H]1CC(O)c2c(O)cc(O)c(Cl)c2CC(=N\OCCN2CCCC2=O)/C=C/C=C\[C@@H]2C[C@H]2C1. The molecule has 1 aliphatic heterocycles. The average Bonchev–Trinajstić information content (AvgIpc) is 3.38. The summed E-state index contributed by atoms with van der Waals surface area (Å²) in [6.07, 6.45) is 11.2. The van der Waals surface area contributed by atoms with Gasteiger partial charge in [0.1, 0.15) is 18.1 Å². The number of carbonyl (C=O) groups excluding carboxylic acids is 1. The van der Waals surface area contributed by atoms with Crippen molar-refractivity contribution in [3.63, 3.8) is 0 Å². The molecule has 1 heterocycles. The predicted octanol–water partition coefficient (Wildman–Crippen LogP) is 4.50. The number of rotatable bonds is 4. The van der Waals surface area contributed by atoms with Crippen LogP contribution in [-0.4, -0.2) is 51.5 Å². The summed E-state index contributed by atoms with van der Waals surface area (Å²) in [4.78, 5) is 19.1. The van der Waals surface area contributed by atoms with E-state index in [2.05, 4.69) is 18.2 Å². The molecule has 1 unspecified atom stereocenters. The number of phenolic OH excluding ortho intramolecular Hbond substituents is 2. The Labute approximate surface area is 205 Å². The Balaban J connectivity index is 1.60. The predicted molar refractivity (Wildman–Crippen MR) is 131 cm³/mol. The summed E-state index contributed by atoms with van der Waals surface area (Å²) in [5, 5.41) is 36.2. The number of amides is 1. The standard InChI is InChI=1S/C26H33ClN2O5/c1-16-11-18-13-17(18)5-2-3-6-19(28-34-10-9-29-8-4-7-24(29)33)14-20-25(21(30)12-16)22(31)15-23(32)26(20)27/h2-3,5-6,15-18,21,30-32H,4,7-14H2,1H3/b5-2-,6-3+,28-19-/t16-,17-,18-,21?/m1/s1. The molecule has 0 spiro atoms. The lowest BCUT2D eigenvalue weighted by molar-refractivity contribution is -0.128. The van der Waals surface area contributed by atoms with Gasteiger partial charge in [0, 0.05) is 31.0 Å². The van der Waals surface area contributed by atoms with Crippen LogP contribution < -0.4 is 0 Å². The molecule has 3 aliphatic rings. The lowest BCUT2D eigenvalue weighted by Crippen LogP contribution is -2.28. The van der Waals surface area contributed by atoms with Crippen LogP contribution >= 0.6 is 11.6 Å². The first kappa shape index (κ1) is 24.6. The topological polar surface area (TPSA) is 103 Å². The molecule has 1 saturated carbocycles. The van der Waals surface area contributed by atoms with Crippen molar-refractivity contribution in [1.82, 2.24) is 4.90 Å². The van der Waals surface area contributed by atoms with Gasteiger partial charge >= 0.3 is 0 Å². The maximum absolute atomic E-state index is 11.8. The van der Waals surface area contributed by atoms with Crippen LogP contribution in [0.1, 0.15) is 56.3 Å². The summed E-state index contributed by atoms with van der Waals surface area (Å²) in [5.74, 6) is 1.11. The number of phenols is 2. The zero-order valence-corrected chi connectivity index (χ0v) is 20.2. The van der Waals surface area contributed by atoms with Gasteiger partial charge in [0.05, 0.1) is 23.4 Å². The molecule has 7 nitrogen and oxygen atoms in total. The Kier molecular flexibility index (Phi) is 7.84. The average molecular weight is 489 g/mol. The highest BCUT2D eigenvalue weighted by Gasteiger charge is 2.36. The van der Waals surface area contributed by atoms with Gasteiger partial charge in [0.15, 0.2) is 0 Å². The van der Waals surface area contributed by atoms with E-state index in [1.807, 2.05) is 12.2 Å². The Bertz CT molecular complexity index is 1010. The number of hydrogen-bond acceptors (Lipinski definition) is 6. The van der Waals surface area contributed by atoms with Crippen LogP contribution in [-0.2, 0) is 16.1 Å². The molecule has 0 radical (unpaired) electrons. The molecular formula is C26H33ClN2O5. The van der Waals surface area contributed by atoms with Crippen molar-refractivity contribution in [3.8, 4) is 11.5 Å². The lowest BCUT2D eigenvalue weighted by Gasteiger charge is -2.22. The number of carbonyl (C=O) groups is 1. The van der Waals surface area contributed by atoms with E-state index >= 15 is 0 Å². The number of hydrogen-bond donors (Lipinski definition) is 3. The van der Waals surface area contributed by atoms with Gasteiger partial charge in [0.25, 0.3) is 0 Å². The molecule has 2 fully saturated rings. The summed E-state index contributed by atoms with van der Waals surface area (Å²) in [6, 6.07) is 1.17. The minimum atomic E-state index is -0.925. The van der Waals surface area contributed by atoms with Gasteiger partial charge in [-0.3, -0.25) is 4.79 Å². The van der Waals surface area contributed by atoms with Gasteiger partial charge in [-0.1, -0.05) is 41.9 Å². The molecule has 34 heavy (non-hydrogen) atoms. The molecule has 0 bridgehead atoms. The molecule has 2 aliphatic carbocycles. The molecule has 1 aromatic carbocycles. The number of aliphatic hydroxyl groups excluding tert-OH is 1. The Morgan fingerprint density at radius 2 is 2.03 bits per heavy atom. The summed E-state index contributed by atoms with van der Waals surface area (Å²) < 4.78 is 0. The highest BCUT2D eigenvalue weighted by Crippen LogP contribution is 2.46. The van der Waals surface area contributed by atoms with Crippen molar-refractivity contribution in [1.29, 1.82) is 0 Å². The normalized spacial score (nSPS) is 30.4. The maximum atomic E-state index is 11.8. The smallest absolute Gasteiger partial charge is 0.222 e. The van der Waals surface area contributed by atoms with E-state index in [0.717, 1.165) is 25.8 Å². The first-order valence-corrected chi connectivity index (χ1v) is 12.4. The zero-order valence-electron chi connectivity index (χ0n) is 19.5. The molecule has 4 atom stereocenters. The van der Waals surface area contributed by atoms with Gasteiger partial charge in [0.2, 0.25) is 5.91 Å². The van der Waals surface area contributed by atoms with Crippen molar-refractivity contribution >= 4 is 23.2 Å². The van der Waals surface area contributed by atoms with Crippen LogP contribution in [0.5, 0.6) is 11.5 Å². The van der Waals surface area contributed by atoms with E-state index in [1.165, 1.54) is 6.07 Å². The molecule has 8 heteroatoms. The largest absolute Gasteiger partial charge is 0.507 e. The molecule has 0 aromatic heterocycles. The van der Waals surface area contributed by atoms with Crippen molar-refractivity contribution < 1.29 is 25.0 Å². The number of likely N-dealkylation sites (tertiary alicyclic amines) is 1. The third-order valence-electron chi connectivity index (χ3n) is 6.93. The summed E-state index contributed by atoms with van der Waals surface area (Å²) in [7, 11) is 0. The van der Waals surface area contributed by atoms with E-state index in [4.69, 9.17) is 16.4 Å². The van der Waals surface area contributed by atoms with Gasteiger partial charge < -0.3 is 25.1 Å². The molecule has 3 N–H and O–H groups in total. The molecule has 4 rings (SSSR count). The first-order chi connectivity index (χ1) is 16.3. The van der Waals surface area contributed by atoms with Crippen LogP contribution in [0.4, 0.5) is 0 Å². The molecule has 1 amide bonds. The summed E-state index contributed by atoms with van der Waals surface area (Å²) in [6.45, 7) is 3.58. The Morgan fingerprint density at radius 1 is 1.21 bits per heavy atom. The van der Waals surface area contributed by atoms with Crippen LogP contribution in [0.2, 0.25) is 5.02 Å².